The van der Waals surface area contributed by atoms with Crippen molar-refractivity contribution in [3.8, 4) is 45.3 Å². The Labute approximate surface area is 331 Å². The van der Waals surface area contributed by atoms with Crippen molar-refractivity contribution in [1.29, 1.82) is 0 Å². The SMILES string of the molecule is c1ccc(-c2cc(-n3c4ccccc4c4ccc(-c5ccc6c(c5)c5ccccc5n6-c5ccc6sc7cccnc7c6c5)cc43)nc(-c3ccccc3)n2)cc1. The molecule has 12 aromatic rings. The van der Waals surface area contributed by atoms with Gasteiger partial charge in [-0.1, -0.05) is 115 Å². The molecule has 12 rings (SSSR count). The molecule has 0 atom stereocenters. The van der Waals surface area contributed by atoms with Crippen molar-refractivity contribution in [3.63, 3.8) is 0 Å². The standard InChI is InChI=1S/C51H31N5S/c1-3-12-32(13-4-1)42-31-49(54-51(53-42)33-14-5-2-6-15-33)56-44-19-10-7-16-37(44)39-24-21-35(29-46(39)56)34-22-25-45-40(28-34)38-17-8-9-18-43(38)55(45)36-23-26-47-41(30-36)50-48(57-47)20-11-27-52-50/h1-31H. The summed E-state index contributed by atoms with van der Waals surface area (Å²) in [5, 5.41) is 5.99. The molecule has 7 aromatic carbocycles. The van der Waals surface area contributed by atoms with Gasteiger partial charge in [0.15, 0.2) is 5.82 Å². The molecule has 0 aliphatic heterocycles. The van der Waals surface area contributed by atoms with Gasteiger partial charge in [-0.05, 0) is 71.8 Å². The molecule has 0 spiro atoms. The van der Waals surface area contributed by atoms with Crippen molar-refractivity contribution in [2.24, 2.45) is 0 Å². The van der Waals surface area contributed by atoms with Crippen molar-refractivity contribution < 1.29 is 0 Å². The maximum Gasteiger partial charge on any atom is 0.162 e. The Kier molecular flexibility index (Phi) is 7.03. The lowest BCUT2D eigenvalue weighted by Gasteiger charge is -2.12. The van der Waals surface area contributed by atoms with Gasteiger partial charge in [0.25, 0.3) is 0 Å². The van der Waals surface area contributed by atoms with Gasteiger partial charge in [0.2, 0.25) is 0 Å². The molecule has 266 valence electrons. The summed E-state index contributed by atoms with van der Waals surface area (Å²) in [5.74, 6) is 1.52. The molecule has 5 aromatic heterocycles. The van der Waals surface area contributed by atoms with Gasteiger partial charge in [-0.25, -0.2) is 9.97 Å². The fraction of sp³-hybridized carbons (Fsp3) is 0. The first kappa shape index (κ1) is 31.9. The molecular formula is C51H31N5S. The Hall–Kier alpha value is -7.41. The Morgan fingerprint density at radius 3 is 1.88 bits per heavy atom. The number of hydrogen-bond donors (Lipinski definition) is 0. The normalized spacial score (nSPS) is 11.9. The van der Waals surface area contributed by atoms with Crippen molar-refractivity contribution in [1.82, 2.24) is 24.1 Å². The Morgan fingerprint density at radius 2 is 1.05 bits per heavy atom. The van der Waals surface area contributed by atoms with Crippen LogP contribution in [0.15, 0.2) is 188 Å². The highest BCUT2D eigenvalue weighted by Gasteiger charge is 2.19. The third-order valence-electron chi connectivity index (χ3n) is 11.2. The minimum Gasteiger partial charge on any atom is -0.309 e. The van der Waals surface area contributed by atoms with E-state index in [-0.39, 0.29) is 0 Å². The zero-order chi connectivity index (χ0) is 37.5. The second kappa shape index (κ2) is 12.6. The van der Waals surface area contributed by atoms with Crippen LogP contribution in [0.25, 0.3) is 109 Å². The molecule has 0 unspecified atom stereocenters. The van der Waals surface area contributed by atoms with Crippen LogP contribution in [0.3, 0.4) is 0 Å². The number of thiophene rings is 1. The van der Waals surface area contributed by atoms with Crippen LogP contribution >= 0.6 is 11.3 Å². The third kappa shape index (κ3) is 5.04. The summed E-state index contributed by atoms with van der Waals surface area (Å²) in [6.07, 6.45) is 1.89. The lowest BCUT2D eigenvalue weighted by molar-refractivity contribution is 1.05. The Morgan fingerprint density at radius 1 is 0.386 bits per heavy atom. The molecule has 0 saturated heterocycles. The van der Waals surface area contributed by atoms with Gasteiger partial charge in [0.05, 0.1) is 38.0 Å². The average Bonchev–Trinajstić information content (AvgIpc) is 3.94. The van der Waals surface area contributed by atoms with Crippen LogP contribution in [0.1, 0.15) is 0 Å². The summed E-state index contributed by atoms with van der Waals surface area (Å²) in [6.45, 7) is 0. The summed E-state index contributed by atoms with van der Waals surface area (Å²) in [5.41, 5.74) is 11.9. The number of para-hydroxylation sites is 2. The molecular weight excluding hydrogens is 715 g/mol. The Balaban J connectivity index is 1.05. The lowest BCUT2D eigenvalue weighted by Crippen LogP contribution is -2.02. The van der Waals surface area contributed by atoms with E-state index in [0.717, 1.165) is 56.0 Å². The zero-order valence-corrected chi connectivity index (χ0v) is 31.4. The summed E-state index contributed by atoms with van der Waals surface area (Å²) >= 11 is 1.79. The number of benzene rings is 7. The molecule has 0 aliphatic carbocycles. The minimum atomic E-state index is 0.693. The maximum atomic E-state index is 5.26. The largest absolute Gasteiger partial charge is 0.309 e. The third-order valence-corrected chi connectivity index (χ3v) is 12.3. The van der Waals surface area contributed by atoms with Crippen molar-refractivity contribution in [2.75, 3.05) is 0 Å². The zero-order valence-electron chi connectivity index (χ0n) is 30.5. The lowest BCUT2D eigenvalue weighted by atomic mass is 10.0. The predicted molar refractivity (Wildman–Crippen MR) is 238 cm³/mol. The average molecular weight is 746 g/mol. The van der Waals surface area contributed by atoms with E-state index in [2.05, 4.69) is 161 Å². The molecule has 0 N–H and O–H groups in total. The van der Waals surface area contributed by atoms with Crippen LogP contribution in [-0.2, 0) is 0 Å². The quantitative estimate of drug-likeness (QED) is 0.176. The van der Waals surface area contributed by atoms with E-state index in [1.54, 1.807) is 11.3 Å². The van der Waals surface area contributed by atoms with Crippen LogP contribution in [0.4, 0.5) is 0 Å². The fourth-order valence-corrected chi connectivity index (χ4v) is 9.62. The number of aromatic nitrogens is 5. The van der Waals surface area contributed by atoms with Crippen LogP contribution in [0, 0.1) is 0 Å². The van der Waals surface area contributed by atoms with Gasteiger partial charge in [-0.3, -0.25) is 9.55 Å². The molecule has 5 heterocycles. The minimum absolute atomic E-state index is 0.693. The highest BCUT2D eigenvalue weighted by Crippen LogP contribution is 2.40. The van der Waals surface area contributed by atoms with E-state index >= 15 is 0 Å². The smallest absolute Gasteiger partial charge is 0.162 e. The molecule has 5 nitrogen and oxygen atoms in total. The van der Waals surface area contributed by atoms with E-state index in [9.17, 15) is 0 Å². The summed E-state index contributed by atoms with van der Waals surface area (Å²) < 4.78 is 7.15. The molecule has 6 heteroatoms. The Bertz CT molecular complexity index is 3470. The topological polar surface area (TPSA) is 48.5 Å². The summed E-state index contributed by atoms with van der Waals surface area (Å²) in [6, 6.07) is 64.8. The first-order chi connectivity index (χ1) is 28.2. The molecule has 0 fully saturated rings. The van der Waals surface area contributed by atoms with Gasteiger partial charge in [0, 0.05) is 60.7 Å². The van der Waals surface area contributed by atoms with Crippen LogP contribution in [0.2, 0.25) is 0 Å². The highest BCUT2D eigenvalue weighted by molar-refractivity contribution is 7.25. The molecule has 0 saturated carbocycles. The fourth-order valence-electron chi connectivity index (χ4n) is 8.57. The van der Waals surface area contributed by atoms with E-state index in [4.69, 9.17) is 15.0 Å². The molecule has 0 radical (unpaired) electrons. The van der Waals surface area contributed by atoms with Gasteiger partial charge < -0.3 is 4.57 Å². The van der Waals surface area contributed by atoms with E-state index in [1.807, 2.05) is 36.5 Å². The first-order valence-corrected chi connectivity index (χ1v) is 19.9. The number of pyridine rings is 1. The van der Waals surface area contributed by atoms with Crippen molar-refractivity contribution in [2.45, 2.75) is 0 Å². The maximum absolute atomic E-state index is 5.26. The second-order valence-electron chi connectivity index (χ2n) is 14.5. The number of rotatable bonds is 5. The van der Waals surface area contributed by atoms with Gasteiger partial charge in [-0.15, -0.1) is 11.3 Å². The van der Waals surface area contributed by atoms with Gasteiger partial charge in [0.1, 0.15) is 5.82 Å². The van der Waals surface area contributed by atoms with Crippen LogP contribution in [0.5, 0.6) is 0 Å². The molecule has 57 heavy (non-hydrogen) atoms. The van der Waals surface area contributed by atoms with Crippen LogP contribution in [-0.4, -0.2) is 24.1 Å². The van der Waals surface area contributed by atoms with Crippen molar-refractivity contribution >= 4 is 75.3 Å². The number of nitrogens with zero attached hydrogens (tertiary/aromatic N) is 5. The monoisotopic (exact) mass is 745 g/mol. The molecule has 0 aliphatic rings. The number of hydrogen-bond acceptors (Lipinski definition) is 4. The van der Waals surface area contributed by atoms with Crippen molar-refractivity contribution in [3.05, 3.63) is 188 Å². The van der Waals surface area contributed by atoms with E-state index in [0.29, 0.717) is 5.82 Å². The first-order valence-electron chi connectivity index (χ1n) is 19.1. The van der Waals surface area contributed by atoms with E-state index in [1.165, 1.54) is 47.4 Å². The van der Waals surface area contributed by atoms with E-state index < -0.39 is 0 Å². The van der Waals surface area contributed by atoms with Crippen LogP contribution < -0.4 is 0 Å². The highest BCUT2D eigenvalue weighted by atomic mass is 32.1. The number of fused-ring (bicyclic) bond motifs is 9. The molecule has 0 amide bonds. The van der Waals surface area contributed by atoms with Gasteiger partial charge >= 0.3 is 0 Å². The second-order valence-corrected chi connectivity index (χ2v) is 15.6. The summed E-state index contributed by atoms with van der Waals surface area (Å²) in [4.78, 5) is 15.1. The predicted octanol–water partition coefficient (Wildman–Crippen LogP) is 13.4. The van der Waals surface area contributed by atoms with Gasteiger partial charge in [-0.2, -0.15) is 0 Å². The summed E-state index contributed by atoms with van der Waals surface area (Å²) in [7, 11) is 0. The molecule has 0 bridgehead atoms.